The molecule has 0 aromatic heterocycles. The molecule has 0 aliphatic heterocycles. The van der Waals surface area contributed by atoms with E-state index in [9.17, 15) is 5.11 Å². The van der Waals surface area contributed by atoms with Crippen molar-refractivity contribution in [2.45, 2.75) is 44.3 Å². The Bertz CT molecular complexity index is 414. The van der Waals surface area contributed by atoms with E-state index in [0.29, 0.717) is 6.61 Å². The van der Waals surface area contributed by atoms with E-state index >= 15 is 0 Å². The number of hydrogen-bond donors (Lipinski definition) is 1. The van der Waals surface area contributed by atoms with Crippen LogP contribution < -0.4 is 0 Å². The van der Waals surface area contributed by atoms with Crippen LogP contribution in [0.25, 0.3) is 0 Å². The third-order valence-corrected chi connectivity index (χ3v) is 3.50. The zero-order valence-electron chi connectivity index (χ0n) is 11.3. The Labute approximate surface area is 115 Å². The van der Waals surface area contributed by atoms with Gasteiger partial charge in [0.05, 0.1) is 11.9 Å². The van der Waals surface area contributed by atoms with Crippen molar-refractivity contribution < 1.29 is 9.84 Å². The van der Waals surface area contributed by atoms with Crippen LogP contribution in [0.1, 0.15) is 37.7 Å². The molecule has 2 nitrogen and oxygen atoms in total. The van der Waals surface area contributed by atoms with Crippen molar-refractivity contribution in [1.82, 2.24) is 0 Å². The van der Waals surface area contributed by atoms with Crippen molar-refractivity contribution in [2.24, 2.45) is 0 Å². The summed E-state index contributed by atoms with van der Waals surface area (Å²) >= 11 is 0. The van der Waals surface area contributed by atoms with Crippen molar-refractivity contribution in [1.29, 1.82) is 0 Å². The summed E-state index contributed by atoms with van der Waals surface area (Å²) in [5, 5.41) is 10.2. The second-order valence-electron chi connectivity index (χ2n) is 5.15. The fourth-order valence-corrected chi connectivity index (χ4v) is 2.38. The maximum atomic E-state index is 10.2. The van der Waals surface area contributed by atoms with Crippen molar-refractivity contribution in [3.8, 4) is 0 Å². The first-order chi connectivity index (χ1) is 9.29. The third-order valence-electron chi connectivity index (χ3n) is 3.50. The van der Waals surface area contributed by atoms with Crippen LogP contribution in [0.4, 0.5) is 0 Å². The highest BCUT2D eigenvalue weighted by Gasteiger charge is 2.25. The average Bonchev–Trinajstić information content (AvgIpc) is 2.44. The molecule has 0 spiro atoms. The van der Waals surface area contributed by atoms with Crippen molar-refractivity contribution in [3.63, 3.8) is 0 Å². The fourth-order valence-electron chi connectivity index (χ4n) is 2.38. The van der Waals surface area contributed by atoms with E-state index in [1.54, 1.807) is 6.26 Å². The predicted octanol–water partition coefficient (Wildman–Crippen LogP) is 3.97. The molecule has 0 saturated heterocycles. The number of allylic oxidation sites excluding steroid dienone is 2. The summed E-state index contributed by atoms with van der Waals surface area (Å²) < 4.78 is 5.43. The Morgan fingerprint density at radius 2 is 1.79 bits per heavy atom. The molecule has 0 radical (unpaired) electrons. The Morgan fingerprint density at radius 1 is 1.05 bits per heavy atom. The Balaban J connectivity index is 1.71. The molecule has 1 fully saturated rings. The van der Waals surface area contributed by atoms with Gasteiger partial charge in [-0.3, -0.25) is 0 Å². The fraction of sp³-hybridized carbons (Fsp3) is 0.412. The molecule has 1 aromatic rings. The van der Waals surface area contributed by atoms with E-state index in [0.717, 1.165) is 31.2 Å². The predicted molar refractivity (Wildman–Crippen MR) is 77.5 cm³/mol. The smallest absolute Gasteiger partial charge is 0.112 e. The van der Waals surface area contributed by atoms with Crippen LogP contribution in [0.3, 0.4) is 0 Å². The van der Waals surface area contributed by atoms with Gasteiger partial charge in [-0.25, -0.2) is 0 Å². The maximum absolute atomic E-state index is 10.2. The van der Waals surface area contributed by atoms with Gasteiger partial charge in [0.15, 0.2) is 0 Å². The lowest BCUT2D eigenvalue weighted by molar-refractivity contribution is 0.0513. The second-order valence-corrected chi connectivity index (χ2v) is 5.15. The van der Waals surface area contributed by atoms with Crippen LogP contribution in [-0.2, 0) is 11.3 Å². The lowest BCUT2D eigenvalue weighted by Crippen LogP contribution is -2.28. The molecule has 1 saturated carbocycles. The van der Waals surface area contributed by atoms with Crippen LogP contribution in [0, 0.1) is 0 Å². The van der Waals surface area contributed by atoms with E-state index in [4.69, 9.17) is 4.74 Å². The molecule has 1 aromatic carbocycles. The molecule has 1 aliphatic carbocycles. The van der Waals surface area contributed by atoms with Crippen molar-refractivity contribution >= 4 is 0 Å². The summed E-state index contributed by atoms with van der Waals surface area (Å²) in [6.45, 7) is 0.579. The molecular weight excluding hydrogens is 236 g/mol. The van der Waals surface area contributed by atoms with E-state index in [1.165, 1.54) is 6.42 Å². The molecule has 2 rings (SSSR count). The van der Waals surface area contributed by atoms with Gasteiger partial charge >= 0.3 is 0 Å². The minimum atomic E-state index is -0.595. The van der Waals surface area contributed by atoms with Gasteiger partial charge in [-0.2, -0.15) is 0 Å². The molecule has 19 heavy (non-hydrogen) atoms. The van der Waals surface area contributed by atoms with Crippen molar-refractivity contribution in [3.05, 3.63) is 60.4 Å². The first kappa shape index (κ1) is 13.9. The van der Waals surface area contributed by atoms with E-state index in [2.05, 4.69) is 0 Å². The highest BCUT2D eigenvalue weighted by atomic mass is 16.5. The normalized spacial score (nSPS) is 19.0. The minimum Gasteiger partial charge on any atom is -0.497 e. The second kappa shape index (κ2) is 7.15. The molecule has 2 heteroatoms. The van der Waals surface area contributed by atoms with E-state index in [1.807, 2.05) is 48.6 Å². The number of aliphatic hydroxyl groups is 1. The monoisotopic (exact) mass is 258 g/mol. The first-order valence-corrected chi connectivity index (χ1v) is 7.01. The molecule has 0 amide bonds. The van der Waals surface area contributed by atoms with Gasteiger partial charge in [0, 0.05) is 0 Å². The van der Waals surface area contributed by atoms with Crippen LogP contribution in [0.15, 0.2) is 54.8 Å². The minimum absolute atomic E-state index is 0.579. The van der Waals surface area contributed by atoms with Gasteiger partial charge in [-0.15, -0.1) is 0 Å². The van der Waals surface area contributed by atoms with E-state index < -0.39 is 5.60 Å². The Morgan fingerprint density at radius 3 is 2.53 bits per heavy atom. The largest absolute Gasteiger partial charge is 0.497 e. The lowest BCUT2D eigenvalue weighted by Gasteiger charge is -2.28. The summed E-state index contributed by atoms with van der Waals surface area (Å²) in [7, 11) is 0. The molecule has 1 N–H and O–H groups in total. The standard InChI is InChI=1S/C17H22O2/c18-17(11-5-2-6-12-17)13-7-8-14-19-15-16-9-3-1-4-10-16/h1,3-4,7-10,13-14,18H,2,5-6,11-12,15H2/b13-7+,14-8-. The highest BCUT2D eigenvalue weighted by Crippen LogP contribution is 2.28. The summed E-state index contributed by atoms with van der Waals surface area (Å²) in [6.07, 6.45) is 12.5. The maximum Gasteiger partial charge on any atom is 0.112 e. The number of benzene rings is 1. The SMILES string of the molecule is OC1(/C=C/C=C\OCc2ccccc2)CCCCC1. The Kier molecular flexibility index (Phi) is 5.22. The van der Waals surface area contributed by atoms with Crippen LogP contribution >= 0.6 is 0 Å². The summed E-state index contributed by atoms with van der Waals surface area (Å²) in [5.74, 6) is 0. The summed E-state index contributed by atoms with van der Waals surface area (Å²) in [4.78, 5) is 0. The van der Waals surface area contributed by atoms with Gasteiger partial charge in [0.2, 0.25) is 0 Å². The quantitative estimate of drug-likeness (QED) is 0.639. The topological polar surface area (TPSA) is 29.5 Å². The number of rotatable bonds is 5. The lowest BCUT2D eigenvalue weighted by atomic mass is 9.85. The van der Waals surface area contributed by atoms with Gasteiger partial charge in [0.1, 0.15) is 6.61 Å². The first-order valence-electron chi connectivity index (χ1n) is 7.01. The highest BCUT2D eigenvalue weighted by molar-refractivity contribution is 5.14. The van der Waals surface area contributed by atoms with Crippen molar-refractivity contribution in [2.75, 3.05) is 0 Å². The summed E-state index contributed by atoms with van der Waals surface area (Å²) in [5.41, 5.74) is 0.559. The Hall–Kier alpha value is -1.54. The third kappa shape index (κ3) is 4.92. The summed E-state index contributed by atoms with van der Waals surface area (Å²) in [6, 6.07) is 10.1. The molecule has 0 atom stereocenters. The average molecular weight is 258 g/mol. The van der Waals surface area contributed by atoms with Gasteiger partial charge in [-0.05, 0) is 24.5 Å². The van der Waals surface area contributed by atoms with Crippen LogP contribution in [0.2, 0.25) is 0 Å². The zero-order chi connectivity index (χ0) is 13.4. The molecule has 0 unspecified atom stereocenters. The molecule has 1 aliphatic rings. The molecule has 0 bridgehead atoms. The van der Waals surface area contributed by atoms with Crippen LogP contribution in [0.5, 0.6) is 0 Å². The molecule has 0 heterocycles. The van der Waals surface area contributed by atoms with Crippen LogP contribution in [-0.4, -0.2) is 10.7 Å². The van der Waals surface area contributed by atoms with E-state index in [-0.39, 0.29) is 0 Å². The zero-order valence-corrected chi connectivity index (χ0v) is 11.3. The number of hydrogen-bond acceptors (Lipinski definition) is 2. The number of ether oxygens (including phenoxy) is 1. The van der Waals surface area contributed by atoms with Gasteiger partial charge < -0.3 is 9.84 Å². The van der Waals surface area contributed by atoms with Gasteiger partial charge in [0.25, 0.3) is 0 Å². The van der Waals surface area contributed by atoms with Gasteiger partial charge in [-0.1, -0.05) is 61.7 Å². The molecule has 102 valence electrons. The molecular formula is C17H22O2.